The number of benzene rings is 1. The summed E-state index contributed by atoms with van der Waals surface area (Å²) in [7, 11) is 0. The molecule has 1 unspecified atom stereocenters. The van der Waals surface area contributed by atoms with Crippen molar-refractivity contribution in [1.82, 2.24) is 15.2 Å². The van der Waals surface area contributed by atoms with Crippen molar-refractivity contribution in [2.24, 2.45) is 0 Å². The van der Waals surface area contributed by atoms with Crippen LogP contribution < -0.4 is 5.32 Å². The van der Waals surface area contributed by atoms with Crippen LogP contribution in [-0.2, 0) is 16.0 Å². The summed E-state index contributed by atoms with van der Waals surface area (Å²) in [6, 6.07) is 11.3. The van der Waals surface area contributed by atoms with Crippen molar-refractivity contribution in [2.75, 3.05) is 6.54 Å². The Balaban J connectivity index is 1.37. The van der Waals surface area contributed by atoms with Crippen LogP contribution in [-0.4, -0.2) is 38.6 Å². The summed E-state index contributed by atoms with van der Waals surface area (Å²) < 4.78 is 0.414. The lowest BCUT2D eigenvalue weighted by Crippen LogP contribution is -2.47. The average Bonchev–Trinajstić information content (AvgIpc) is 3.43. The monoisotopic (exact) mass is 441 g/mol. The van der Waals surface area contributed by atoms with E-state index in [2.05, 4.69) is 16.4 Å². The fourth-order valence-corrected chi connectivity index (χ4v) is 5.38. The molecule has 1 aliphatic rings. The maximum Gasteiger partial charge on any atom is 0.266 e. The van der Waals surface area contributed by atoms with Crippen molar-refractivity contribution in [2.45, 2.75) is 19.4 Å². The van der Waals surface area contributed by atoms with Gasteiger partial charge < -0.3 is 10.3 Å². The first-order chi connectivity index (χ1) is 14.0. The standard InChI is InChI=1S/C21H19N3O2S3/c1-13(24-20(26)18(29-21(24)27)11-15-5-4-10-28-15)19(25)22-9-8-14-12-23-17-7-3-2-6-16(14)17/h2-7,10-13,23H,8-9H2,1H3,(H,22,25)/b18-11+. The second-order valence-corrected chi connectivity index (χ2v) is 9.30. The number of para-hydroxylation sites is 1. The summed E-state index contributed by atoms with van der Waals surface area (Å²) in [6.45, 7) is 2.20. The van der Waals surface area contributed by atoms with Crippen LogP contribution in [0, 0.1) is 0 Å². The van der Waals surface area contributed by atoms with Gasteiger partial charge in [0.15, 0.2) is 0 Å². The van der Waals surface area contributed by atoms with E-state index in [0.717, 1.165) is 21.3 Å². The normalized spacial score (nSPS) is 16.7. The second kappa shape index (κ2) is 8.52. The van der Waals surface area contributed by atoms with Crippen molar-refractivity contribution >= 4 is 68.4 Å². The number of amides is 2. The lowest BCUT2D eigenvalue weighted by atomic mass is 10.1. The Kier molecular flexibility index (Phi) is 5.84. The minimum Gasteiger partial charge on any atom is -0.361 e. The van der Waals surface area contributed by atoms with Crippen LogP contribution in [0.25, 0.3) is 17.0 Å². The van der Waals surface area contributed by atoms with Crippen LogP contribution >= 0.6 is 35.3 Å². The van der Waals surface area contributed by atoms with E-state index < -0.39 is 6.04 Å². The number of nitrogens with zero attached hydrogens (tertiary/aromatic N) is 1. The van der Waals surface area contributed by atoms with Gasteiger partial charge in [0, 0.05) is 28.5 Å². The summed E-state index contributed by atoms with van der Waals surface area (Å²) in [5, 5.41) is 6.04. The highest BCUT2D eigenvalue weighted by Crippen LogP contribution is 2.34. The molecule has 1 aliphatic heterocycles. The summed E-state index contributed by atoms with van der Waals surface area (Å²) >= 11 is 8.16. The second-order valence-electron chi connectivity index (χ2n) is 6.64. The SMILES string of the molecule is CC(C(=O)NCCc1c[nH]c2ccccc12)N1C(=O)/C(=C\c2cccs2)SC1=S. The van der Waals surface area contributed by atoms with Crippen molar-refractivity contribution in [3.63, 3.8) is 0 Å². The van der Waals surface area contributed by atoms with Crippen LogP contribution in [0.3, 0.4) is 0 Å². The lowest BCUT2D eigenvalue weighted by molar-refractivity contribution is -0.132. The number of carbonyl (C=O) groups excluding carboxylic acids is 2. The number of hydrogen-bond acceptors (Lipinski definition) is 5. The van der Waals surface area contributed by atoms with Gasteiger partial charge in [0.25, 0.3) is 5.91 Å². The third-order valence-corrected chi connectivity index (χ3v) is 6.93. The van der Waals surface area contributed by atoms with E-state index in [0.29, 0.717) is 22.2 Å². The summed E-state index contributed by atoms with van der Waals surface area (Å²) in [6.07, 6.45) is 4.50. The van der Waals surface area contributed by atoms with Gasteiger partial charge in [-0.3, -0.25) is 14.5 Å². The first-order valence-corrected chi connectivity index (χ1v) is 11.3. The molecule has 1 aromatic carbocycles. The fraction of sp³-hybridized carbons (Fsp3) is 0.190. The fourth-order valence-electron chi connectivity index (χ4n) is 3.24. The molecular formula is C21H19N3O2S3. The summed E-state index contributed by atoms with van der Waals surface area (Å²) in [5.41, 5.74) is 2.23. The van der Waals surface area contributed by atoms with Crippen LogP contribution in [0.15, 0.2) is 52.9 Å². The number of rotatable bonds is 6. The molecule has 0 bridgehead atoms. The Labute approximate surface area is 182 Å². The molecule has 2 aromatic heterocycles. The predicted molar refractivity (Wildman–Crippen MR) is 124 cm³/mol. The molecular weight excluding hydrogens is 422 g/mol. The van der Waals surface area contributed by atoms with Crippen LogP contribution in [0.4, 0.5) is 0 Å². The van der Waals surface area contributed by atoms with Crippen LogP contribution in [0.2, 0.25) is 0 Å². The van der Waals surface area contributed by atoms with Gasteiger partial charge in [-0.25, -0.2) is 0 Å². The summed E-state index contributed by atoms with van der Waals surface area (Å²) in [5.74, 6) is -0.425. The van der Waals surface area contributed by atoms with Gasteiger partial charge in [0.05, 0.1) is 4.91 Å². The van der Waals surface area contributed by atoms with Crippen molar-refractivity contribution in [1.29, 1.82) is 0 Å². The Morgan fingerprint density at radius 1 is 1.31 bits per heavy atom. The molecule has 5 nitrogen and oxygen atoms in total. The van der Waals surface area contributed by atoms with Gasteiger partial charge in [-0.2, -0.15) is 0 Å². The third-order valence-electron chi connectivity index (χ3n) is 4.78. The molecule has 3 aromatic rings. The van der Waals surface area contributed by atoms with Crippen LogP contribution in [0.5, 0.6) is 0 Å². The Morgan fingerprint density at radius 3 is 2.93 bits per heavy atom. The molecule has 0 aliphatic carbocycles. The van der Waals surface area contributed by atoms with Gasteiger partial charge in [-0.1, -0.05) is 48.2 Å². The minimum absolute atomic E-state index is 0.210. The highest BCUT2D eigenvalue weighted by atomic mass is 32.2. The molecule has 1 fully saturated rings. The quantitative estimate of drug-likeness (QED) is 0.445. The van der Waals surface area contributed by atoms with E-state index in [9.17, 15) is 9.59 Å². The molecule has 8 heteroatoms. The van der Waals surface area contributed by atoms with E-state index in [4.69, 9.17) is 12.2 Å². The van der Waals surface area contributed by atoms with Gasteiger partial charge in [-0.15, -0.1) is 11.3 Å². The molecule has 0 radical (unpaired) electrons. The number of thiocarbonyl (C=S) groups is 1. The molecule has 1 saturated heterocycles. The lowest BCUT2D eigenvalue weighted by Gasteiger charge is -2.22. The first kappa shape index (κ1) is 19.9. The molecule has 2 N–H and O–H groups in total. The zero-order chi connectivity index (χ0) is 20.4. The molecule has 0 saturated carbocycles. The van der Waals surface area contributed by atoms with Gasteiger partial charge >= 0.3 is 0 Å². The number of H-pyrrole nitrogens is 1. The smallest absolute Gasteiger partial charge is 0.266 e. The number of nitrogens with one attached hydrogen (secondary N) is 2. The van der Waals surface area contributed by atoms with Crippen LogP contribution in [0.1, 0.15) is 17.4 Å². The number of fused-ring (bicyclic) bond motifs is 1. The number of thiophene rings is 1. The van der Waals surface area contributed by atoms with Gasteiger partial charge in [0.2, 0.25) is 5.91 Å². The zero-order valence-corrected chi connectivity index (χ0v) is 18.1. The summed E-state index contributed by atoms with van der Waals surface area (Å²) in [4.78, 5) is 31.6. The highest BCUT2D eigenvalue weighted by molar-refractivity contribution is 8.26. The molecule has 29 heavy (non-hydrogen) atoms. The molecule has 0 spiro atoms. The molecule has 3 heterocycles. The number of hydrogen-bond donors (Lipinski definition) is 2. The number of carbonyl (C=O) groups is 2. The van der Waals surface area contributed by atoms with E-state index in [1.54, 1.807) is 18.3 Å². The maximum atomic E-state index is 12.8. The highest BCUT2D eigenvalue weighted by Gasteiger charge is 2.38. The number of aromatic amines is 1. The molecule has 2 amide bonds. The largest absolute Gasteiger partial charge is 0.361 e. The van der Waals surface area contributed by atoms with Crippen molar-refractivity contribution in [3.05, 3.63) is 63.3 Å². The topological polar surface area (TPSA) is 65.2 Å². The minimum atomic E-state index is -0.653. The van der Waals surface area contributed by atoms with Gasteiger partial charge in [0.1, 0.15) is 10.4 Å². The van der Waals surface area contributed by atoms with E-state index >= 15 is 0 Å². The van der Waals surface area contributed by atoms with Crippen molar-refractivity contribution < 1.29 is 9.59 Å². The van der Waals surface area contributed by atoms with E-state index in [1.165, 1.54) is 16.7 Å². The average molecular weight is 442 g/mol. The Bertz CT molecular complexity index is 1100. The molecule has 4 rings (SSSR count). The Morgan fingerprint density at radius 2 is 2.14 bits per heavy atom. The first-order valence-electron chi connectivity index (χ1n) is 9.18. The predicted octanol–water partition coefficient (Wildman–Crippen LogP) is 4.18. The maximum absolute atomic E-state index is 12.8. The van der Waals surface area contributed by atoms with Gasteiger partial charge in [-0.05, 0) is 42.5 Å². The van der Waals surface area contributed by atoms with E-state index in [-0.39, 0.29) is 11.8 Å². The zero-order valence-electron chi connectivity index (χ0n) is 15.7. The van der Waals surface area contributed by atoms with Crippen molar-refractivity contribution in [3.8, 4) is 0 Å². The van der Waals surface area contributed by atoms with E-state index in [1.807, 2.05) is 48.0 Å². The number of aromatic nitrogens is 1. The number of thioether (sulfide) groups is 1. The Hall–Kier alpha value is -2.42. The third kappa shape index (κ3) is 4.14. The molecule has 148 valence electrons. The molecule has 1 atom stereocenters.